The lowest BCUT2D eigenvalue weighted by molar-refractivity contribution is -0.137. The van der Waals surface area contributed by atoms with Gasteiger partial charge in [-0.05, 0) is 18.6 Å². The second kappa shape index (κ2) is 6.88. The van der Waals surface area contributed by atoms with Crippen molar-refractivity contribution in [2.24, 2.45) is 4.99 Å². The molecule has 10 heteroatoms. The number of anilines is 1. The van der Waals surface area contributed by atoms with Crippen molar-refractivity contribution in [3.05, 3.63) is 29.8 Å². The van der Waals surface area contributed by atoms with Crippen molar-refractivity contribution in [1.82, 2.24) is 0 Å². The molecular formula is C16H17F3N2O3S2. The zero-order valence-electron chi connectivity index (χ0n) is 13.9. The first kappa shape index (κ1) is 19.2. The van der Waals surface area contributed by atoms with E-state index < -0.39 is 38.8 Å². The van der Waals surface area contributed by atoms with Gasteiger partial charge < -0.3 is 4.90 Å². The largest absolute Gasteiger partial charge is 0.418 e. The fraction of sp³-hybridized carbons (Fsp3) is 0.500. The Kier molecular flexibility index (Phi) is 5.08. The smallest absolute Gasteiger partial charge is 0.315 e. The number of amidine groups is 1. The molecule has 0 radical (unpaired) electrons. The van der Waals surface area contributed by atoms with Crippen LogP contribution in [0.2, 0.25) is 0 Å². The van der Waals surface area contributed by atoms with Gasteiger partial charge in [0.1, 0.15) is 0 Å². The van der Waals surface area contributed by atoms with Crippen LogP contribution in [0, 0.1) is 0 Å². The van der Waals surface area contributed by atoms with E-state index in [0.717, 1.165) is 17.8 Å². The van der Waals surface area contributed by atoms with Crippen LogP contribution in [0.3, 0.4) is 0 Å². The minimum atomic E-state index is -4.60. The van der Waals surface area contributed by atoms with Crippen LogP contribution in [0.1, 0.15) is 25.3 Å². The topological polar surface area (TPSA) is 66.8 Å². The highest BCUT2D eigenvalue weighted by Crippen LogP contribution is 2.45. The van der Waals surface area contributed by atoms with Crippen LogP contribution >= 0.6 is 11.8 Å². The van der Waals surface area contributed by atoms with Crippen molar-refractivity contribution in [1.29, 1.82) is 0 Å². The highest BCUT2D eigenvalue weighted by Gasteiger charge is 2.51. The molecule has 142 valence electrons. The molecule has 0 N–H and O–H groups in total. The average molecular weight is 406 g/mol. The van der Waals surface area contributed by atoms with Gasteiger partial charge in [-0.25, -0.2) is 8.42 Å². The molecule has 5 nitrogen and oxygen atoms in total. The lowest BCUT2D eigenvalue weighted by atomic mass is 10.1. The van der Waals surface area contributed by atoms with Crippen LogP contribution in [-0.2, 0) is 20.8 Å². The Morgan fingerprint density at radius 3 is 2.65 bits per heavy atom. The molecule has 2 aliphatic heterocycles. The maximum Gasteiger partial charge on any atom is 0.418 e. The number of carbonyl (C=O) groups is 1. The average Bonchev–Trinajstić information content (AvgIpc) is 2.97. The number of halogens is 3. The summed E-state index contributed by atoms with van der Waals surface area (Å²) >= 11 is 1.07. The Labute approximate surface area is 153 Å². The summed E-state index contributed by atoms with van der Waals surface area (Å²) in [6.07, 6.45) is -3.84. The summed E-state index contributed by atoms with van der Waals surface area (Å²) in [6.45, 7) is 1.80. The number of para-hydroxylation sites is 1. The SMILES string of the molecule is CCCC(=O)N=C1SC2CS(=O)(=O)CC2N1c1ccccc1C(F)(F)F. The summed E-state index contributed by atoms with van der Waals surface area (Å²) in [5.74, 6) is -0.807. The van der Waals surface area contributed by atoms with Gasteiger partial charge in [-0.2, -0.15) is 18.2 Å². The highest BCUT2D eigenvalue weighted by atomic mass is 32.2. The summed E-state index contributed by atoms with van der Waals surface area (Å²) < 4.78 is 64.3. The van der Waals surface area contributed by atoms with Gasteiger partial charge in [0.25, 0.3) is 0 Å². The number of sulfone groups is 1. The number of hydrogen-bond donors (Lipinski definition) is 0. The molecule has 3 rings (SSSR count). The molecule has 0 aliphatic carbocycles. The maximum atomic E-state index is 13.4. The van der Waals surface area contributed by atoms with Crippen LogP contribution in [0.4, 0.5) is 18.9 Å². The number of thioether (sulfide) groups is 1. The van der Waals surface area contributed by atoms with E-state index in [2.05, 4.69) is 4.99 Å². The maximum absolute atomic E-state index is 13.4. The van der Waals surface area contributed by atoms with Crippen molar-refractivity contribution >= 4 is 38.4 Å². The molecule has 0 saturated carbocycles. The molecule has 26 heavy (non-hydrogen) atoms. The van der Waals surface area contributed by atoms with Gasteiger partial charge in [-0.15, -0.1) is 0 Å². The minimum Gasteiger partial charge on any atom is -0.315 e. The molecule has 2 fully saturated rings. The van der Waals surface area contributed by atoms with Gasteiger partial charge in [0, 0.05) is 11.7 Å². The van der Waals surface area contributed by atoms with Crippen LogP contribution in [-0.4, -0.2) is 42.3 Å². The van der Waals surface area contributed by atoms with Gasteiger partial charge >= 0.3 is 6.18 Å². The molecule has 0 aromatic heterocycles. The standard InChI is InChI=1S/C16H17F3N2O3S2/c1-2-5-14(22)20-15-21(12-8-26(23,24)9-13(12)25-15)11-7-4-3-6-10(11)16(17,18)19/h3-4,6-7,12-13H,2,5,8-9H2,1H3. The summed E-state index contributed by atoms with van der Waals surface area (Å²) in [4.78, 5) is 17.2. The molecule has 2 aliphatic rings. The lowest BCUT2D eigenvalue weighted by Gasteiger charge is -2.27. The van der Waals surface area contributed by atoms with Crippen LogP contribution < -0.4 is 4.90 Å². The highest BCUT2D eigenvalue weighted by molar-refractivity contribution is 8.16. The van der Waals surface area contributed by atoms with Gasteiger partial charge in [-0.1, -0.05) is 30.8 Å². The molecule has 2 unspecified atom stereocenters. The van der Waals surface area contributed by atoms with E-state index in [1.54, 1.807) is 6.92 Å². The van der Waals surface area contributed by atoms with Crippen molar-refractivity contribution in [3.63, 3.8) is 0 Å². The zero-order valence-corrected chi connectivity index (χ0v) is 15.5. The van der Waals surface area contributed by atoms with Crippen molar-refractivity contribution < 1.29 is 26.4 Å². The van der Waals surface area contributed by atoms with E-state index in [-0.39, 0.29) is 28.8 Å². The molecule has 2 saturated heterocycles. The number of amides is 1. The number of alkyl halides is 3. The molecule has 0 spiro atoms. The molecular weight excluding hydrogens is 389 g/mol. The molecule has 0 bridgehead atoms. The number of fused-ring (bicyclic) bond motifs is 1. The normalized spacial score (nSPS) is 26.3. The van der Waals surface area contributed by atoms with E-state index in [4.69, 9.17) is 0 Å². The van der Waals surface area contributed by atoms with E-state index in [9.17, 15) is 26.4 Å². The van der Waals surface area contributed by atoms with Crippen LogP contribution in [0.15, 0.2) is 29.3 Å². The van der Waals surface area contributed by atoms with Crippen LogP contribution in [0.5, 0.6) is 0 Å². The third kappa shape index (κ3) is 3.75. The summed E-state index contributed by atoms with van der Waals surface area (Å²) in [5, 5.41) is -0.292. The predicted octanol–water partition coefficient (Wildman–Crippen LogP) is 3.11. The first-order valence-electron chi connectivity index (χ1n) is 8.06. The number of aliphatic imine (C=N–C) groups is 1. The fourth-order valence-electron chi connectivity index (χ4n) is 3.15. The Morgan fingerprint density at radius 1 is 1.31 bits per heavy atom. The van der Waals surface area contributed by atoms with Gasteiger partial charge in [-0.3, -0.25) is 4.79 Å². The fourth-order valence-corrected chi connectivity index (χ4v) is 7.07. The Balaban J connectivity index is 2.09. The summed E-state index contributed by atoms with van der Waals surface area (Å²) in [6, 6.07) is 4.30. The van der Waals surface area contributed by atoms with Crippen molar-refractivity contribution in [2.75, 3.05) is 16.4 Å². The van der Waals surface area contributed by atoms with E-state index in [0.29, 0.717) is 6.42 Å². The Bertz CT molecular complexity index is 853. The van der Waals surface area contributed by atoms with Crippen LogP contribution in [0.25, 0.3) is 0 Å². The second-order valence-corrected chi connectivity index (χ2v) is 9.58. The number of benzene rings is 1. The van der Waals surface area contributed by atoms with Gasteiger partial charge in [0.05, 0.1) is 28.8 Å². The number of hydrogen-bond acceptors (Lipinski definition) is 4. The van der Waals surface area contributed by atoms with Crippen molar-refractivity contribution in [2.45, 2.75) is 37.2 Å². The third-order valence-electron chi connectivity index (χ3n) is 4.22. The van der Waals surface area contributed by atoms with E-state index >= 15 is 0 Å². The first-order chi connectivity index (χ1) is 12.1. The van der Waals surface area contributed by atoms with Gasteiger partial charge in [0.2, 0.25) is 5.91 Å². The number of carbonyl (C=O) groups excluding carboxylic acids is 1. The van der Waals surface area contributed by atoms with E-state index in [1.165, 1.54) is 23.1 Å². The summed E-state index contributed by atoms with van der Waals surface area (Å²) in [7, 11) is -3.34. The quantitative estimate of drug-likeness (QED) is 0.772. The number of nitrogens with zero attached hydrogens (tertiary/aromatic N) is 2. The minimum absolute atomic E-state index is 0.131. The first-order valence-corrected chi connectivity index (χ1v) is 10.8. The summed E-state index contributed by atoms with van der Waals surface area (Å²) in [5.41, 5.74) is -1.04. The Hall–Kier alpha value is -1.55. The zero-order chi connectivity index (χ0) is 19.1. The number of rotatable bonds is 3. The second-order valence-electron chi connectivity index (χ2n) is 6.22. The monoisotopic (exact) mass is 406 g/mol. The molecule has 2 atom stereocenters. The Morgan fingerprint density at radius 2 is 2.00 bits per heavy atom. The van der Waals surface area contributed by atoms with Crippen molar-refractivity contribution in [3.8, 4) is 0 Å². The molecule has 1 amide bonds. The van der Waals surface area contributed by atoms with E-state index in [1.807, 2.05) is 0 Å². The third-order valence-corrected chi connectivity index (χ3v) is 7.43. The van der Waals surface area contributed by atoms with Gasteiger partial charge in [0.15, 0.2) is 15.0 Å². The predicted molar refractivity (Wildman–Crippen MR) is 95.1 cm³/mol. The molecule has 2 heterocycles. The molecule has 1 aromatic rings. The lowest BCUT2D eigenvalue weighted by Crippen LogP contribution is -2.39. The molecule has 1 aromatic carbocycles.